The summed E-state index contributed by atoms with van der Waals surface area (Å²) < 4.78 is 21.4. The zero-order chi connectivity index (χ0) is 26.7. The molecule has 10 heteroatoms. The zero-order valence-electron chi connectivity index (χ0n) is 21.9. The van der Waals surface area contributed by atoms with Crippen molar-refractivity contribution in [2.24, 2.45) is 0 Å². The van der Waals surface area contributed by atoms with Crippen molar-refractivity contribution < 1.29 is 33.3 Å². The number of rotatable bonds is 6. The molecule has 198 valence electrons. The minimum Gasteiger partial charge on any atom is -0.497 e. The molecule has 0 bridgehead atoms. The van der Waals surface area contributed by atoms with Crippen LogP contribution in [0.4, 0.5) is 4.79 Å². The first-order chi connectivity index (χ1) is 17.8. The molecule has 1 fully saturated rings. The predicted molar refractivity (Wildman–Crippen MR) is 135 cm³/mol. The zero-order valence-corrected chi connectivity index (χ0v) is 21.9. The normalized spacial score (nSPS) is 19.3. The number of hydrogen-bond acceptors (Lipinski definition) is 7. The van der Waals surface area contributed by atoms with E-state index in [9.17, 15) is 14.4 Å². The molecule has 2 aliphatic heterocycles. The molecule has 0 N–H and O–H groups in total. The van der Waals surface area contributed by atoms with Crippen molar-refractivity contribution in [3.8, 4) is 17.2 Å². The third-order valence-electron chi connectivity index (χ3n) is 7.02. The average molecular weight is 512 g/mol. The Balaban J connectivity index is 1.76. The first-order valence-electron chi connectivity index (χ1n) is 12.2. The first-order valence-corrected chi connectivity index (χ1v) is 12.2. The van der Waals surface area contributed by atoms with Gasteiger partial charge in [0.2, 0.25) is 5.91 Å². The minimum atomic E-state index is -0.694. The van der Waals surface area contributed by atoms with Gasteiger partial charge in [0.15, 0.2) is 11.5 Å². The number of hydrogen-bond donors (Lipinski definition) is 0. The lowest BCUT2D eigenvalue weighted by Crippen LogP contribution is -2.54. The van der Waals surface area contributed by atoms with Crippen molar-refractivity contribution in [3.05, 3.63) is 53.1 Å². The van der Waals surface area contributed by atoms with Crippen molar-refractivity contribution in [2.75, 3.05) is 61.2 Å². The largest absolute Gasteiger partial charge is 0.497 e. The number of benzene rings is 2. The number of piperazine rings is 1. The molecule has 1 saturated heterocycles. The van der Waals surface area contributed by atoms with E-state index < -0.39 is 12.0 Å². The Morgan fingerprint density at radius 1 is 0.892 bits per heavy atom. The first kappa shape index (κ1) is 26.1. The summed E-state index contributed by atoms with van der Waals surface area (Å²) in [6.45, 7) is 3.54. The summed E-state index contributed by atoms with van der Waals surface area (Å²) in [7, 11) is 6.32. The second kappa shape index (κ2) is 11.0. The number of carbonyl (C=O) groups is 3. The van der Waals surface area contributed by atoms with Gasteiger partial charge < -0.3 is 33.6 Å². The Labute approximate surface area is 216 Å². The summed E-state index contributed by atoms with van der Waals surface area (Å²) in [6.07, 6.45) is -0.379. The summed E-state index contributed by atoms with van der Waals surface area (Å²) >= 11 is 0. The molecule has 4 rings (SSSR count). The third-order valence-corrected chi connectivity index (χ3v) is 7.02. The molecule has 2 unspecified atom stereocenters. The average Bonchev–Trinajstić information content (AvgIpc) is 2.94. The van der Waals surface area contributed by atoms with Gasteiger partial charge >= 0.3 is 6.09 Å². The highest BCUT2D eigenvalue weighted by molar-refractivity contribution is 6.02. The van der Waals surface area contributed by atoms with Crippen molar-refractivity contribution in [3.63, 3.8) is 0 Å². The lowest BCUT2D eigenvalue weighted by atomic mass is 9.78. The summed E-state index contributed by atoms with van der Waals surface area (Å²) in [6, 6.07) is 10.2. The standard InChI is InChI=1S/C27H33N3O7/c1-6-37-27(33)30-13-11-29(12-14-30)26(32)23-19-15-21(35-4)22(36-5)16-20(19)25(31)28(2)24(23)17-7-9-18(34-3)10-8-17/h7-10,15-16,23-24H,6,11-14H2,1-5H3. The van der Waals surface area contributed by atoms with E-state index in [0.717, 1.165) is 5.56 Å². The van der Waals surface area contributed by atoms with Gasteiger partial charge in [0, 0.05) is 38.8 Å². The molecule has 2 aromatic carbocycles. The number of likely N-dealkylation sites (N-methyl/N-ethyl adjacent to an activating group) is 1. The number of fused-ring (bicyclic) bond motifs is 1. The van der Waals surface area contributed by atoms with Gasteiger partial charge in [-0.15, -0.1) is 0 Å². The Kier molecular flexibility index (Phi) is 7.75. The molecular weight excluding hydrogens is 478 g/mol. The summed E-state index contributed by atoms with van der Waals surface area (Å²) in [5.41, 5.74) is 1.79. The molecule has 37 heavy (non-hydrogen) atoms. The summed E-state index contributed by atoms with van der Waals surface area (Å²) in [5, 5.41) is 0. The summed E-state index contributed by atoms with van der Waals surface area (Å²) in [4.78, 5) is 44.8. The van der Waals surface area contributed by atoms with Crippen molar-refractivity contribution in [1.82, 2.24) is 14.7 Å². The SMILES string of the molecule is CCOC(=O)N1CCN(C(=O)C2c3cc(OC)c(OC)cc3C(=O)N(C)C2c2ccc(OC)cc2)CC1. The van der Waals surface area contributed by atoms with Crippen LogP contribution in [0.25, 0.3) is 0 Å². The molecule has 10 nitrogen and oxygen atoms in total. The third kappa shape index (κ3) is 4.87. The molecule has 0 radical (unpaired) electrons. The van der Waals surface area contributed by atoms with Gasteiger partial charge in [0.25, 0.3) is 5.91 Å². The molecule has 0 spiro atoms. The molecule has 0 saturated carbocycles. The highest BCUT2D eigenvalue weighted by Crippen LogP contribution is 2.46. The number of nitrogens with zero attached hydrogens (tertiary/aromatic N) is 3. The molecular formula is C27H33N3O7. The van der Waals surface area contributed by atoms with Crippen molar-refractivity contribution >= 4 is 17.9 Å². The molecule has 2 atom stereocenters. The van der Waals surface area contributed by atoms with Gasteiger partial charge in [0.1, 0.15) is 5.75 Å². The Morgan fingerprint density at radius 3 is 2.05 bits per heavy atom. The fourth-order valence-corrected chi connectivity index (χ4v) is 5.05. The van der Waals surface area contributed by atoms with Crippen LogP contribution in [0.1, 0.15) is 40.4 Å². The number of methoxy groups -OCH3 is 3. The molecule has 2 aromatic rings. The second-order valence-electron chi connectivity index (χ2n) is 8.92. The van der Waals surface area contributed by atoms with Crippen LogP contribution in [0.5, 0.6) is 17.2 Å². The molecule has 0 aromatic heterocycles. The van der Waals surface area contributed by atoms with E-state index in [1.54, 1.807) is 47.9 Å². The number of carbonyl (C=O) groups excluding carboxylic acids is 3. The van der Waals surface area contributed by atoms with E-state index in [1.165, 1.54) is 14.2 Å². The number of amides is 3. The Bertz CT molecular complexity index is 1160. The van der Waals surface area contributed by atoms with E-state index in [1.807, 2.05) is 24.3 Å². The quantitative estimate of drug-likeness (QED) is 0.588. The van der Waals surface area contributed by atoms with Crippen LogP contribution in [0.2, 0.25) is 0 Å². The van der Waals surface area contributed by atoms with E-state index in [2.05, 4.69) is 0 Å². The van der Waals surface area contributed by atoms with Crippen molar-refractivity contribution in [1.29, 1.82) is 0 Å². The molecule has 0 aliphatic carbocycles. The lowest BCUT2D eigenvalue weighted by Gasteiger charge is -2.43. The van der Waals surface area contributed by atoms with E-state index in [0.29, 0.717) is 61.2 Å². The fourth-order valence-electron chi connectivity index (χ4n) is 5.05. The maximum absolute atomic E-state index is 14.2. The van der Waals surface area contributed by atoms with E-state index >= 15 is 0 Å². The van der Waals surface area contributed by atoms with Crippen LogP contribution in [0.15, 0.2) is 36.4 Å². The maximum Gasteiger partial charge on any atom is 0.409 e. The molecule has 2 heterocycles. The van der Waals surface area contributed by atoms with E-state index in [4.69, 9.17) is 18.9 Å². The van der Waals surface area contributed by atoms with Gasteiger partial charge in [0.05, 0.1) is 39.9 Å². The highest BCUT2D eigenvalue weighted by Gasteiger charge is 2.45. The highest BCUT2D eigenvalue weighted by atomic mass is 16.6. The summed E-state index contributed by atoms with van der Waals surface area (Å²) in [5.74, 6) is 0.501. The second-order valence-corrected chi connectivity index (χ2v) is 8.92. The van der Waals surface area contributed by atoms with Crippen LogP contribution < -0.4 is 14.2 Å². The molecule has 2 aliphatic rings. The maximum atomic E-state index is 14.2. The van der Waals surface area contributed by atoms with Gasteiger partial charge in [-0.1, -0.05) is 12.1 Å². The Morgan fingerprint density at radius 2 is 1.49 bits per heavy atom. The fraction of sp³-hybridized carbons (Fsp3) is 0.444. The van der Waals surface area contributed by atoms with Crippen LogP contribution in [-0.2, 0) is 9.53 Å². The Hall–Kier alpha value is -3.95. The van der Waals surface area contributed by atoms with Crippen LogP contribution >= 0.6 is 0 Å². The van der Waals surface area contributed by atoms with Crippen LogP contribution in [0, 0.1) is 0 Å². The van der Waals surface area contributed by atoms with Crippen LogP contribution in [-0.4, -0.2) is 93.8 Å². The monoisotopic (exact) mass is 511 g/mol. The van der Waals surface area contributed by atoms with Gasteiger partial charge in [-0.25, -0.2) is 4.79 Å². The van der Waals surface area contributed by atoms with E-state index in [-0.39, 0.29) is 17.9 Å². The lowest BCUT2D eigenvalue weighted by molar-refractivity contribution is -0.136. The van der Waals surface area contributed by atoms with Crippen molar-refractivity contribution in [2.45, 2.75) is 18.9 Å². The molecule has 3 amide bonds. The topological polar surface area (TPSA) is 97.8 Å². The minimum absolute atomic E-state index is 0.128. The predicted octanol–water partition coefficient (Wildman–Crippen LogP) is 2.92. The smallest absolute Gasteiger partial charge is 0.409 e. The van der Waals surface area contributed by atoms with Gasteiger partial charge in [-0.05, 0) is 42.3 Å². The van der Waals surface area contributed by atoms with Gasteiger partial charge in [-0.3, -0.25) is 9.59 Å². The number of ether oxygens (including phenoxy) is 4. The van der Waals surface area contributed by atoms with Crippen LogP contribution in [0.3, 0.4) is 0 Å². The van der Waals surface area contributed by atoms with Gasteiger partial charge in [-0.2, -0.15) is 0 Å².